The quantitative estimate of drug-likeness (QED) is 0.229. The number of halogens is 3. The van der Waals surface area contributed by atoms with Gasteiger partial charge in [0, 0.05) is 34.7 Å². The Morgan fingerprint density at radius 1 is 1.22 bits per heavy atom. The highest BCUT2D eigenvalue weighted by Gasteiger charge is 2.30. The van der Waals surface area contributed by atoms with Crippen LogP contribution >= 0.6 is 0 Å². The summed E-state index contributed by atoms with van der Waals surface area (Å²) in [5.74, 6) is -1.45. The Morgan fingerprint density at radius 2 is 1.88 bits per heavy atom. The average Bonchev–Trinajstić information content (AvgIpc) is 2.69. The smallest absolute Gasteiger partial charge is 0.412 e. The Labute approximate surface area is 186 Å². The molecule has 0 atom stereocenters. The number of hydrogen-bond acceptors (Lipinski definition) is 4. The molecule has 1 rings (SSSR count). The molecule has 8 heteroatoms. The van der Waals surface area contributed by atoms with Crippen LogP contribution in [0.2, 0.25) is 0 Å². The van der Waals surface area contributed by atoms with Gasteiger partial charge < -0.3 is 10.1 Å². The number of rotatable bonds is 8. The number of benzene rings is 1. The van der Waals surface area contributed by atoms with Gasteiger partial charge in [0.1, 0.15) is 0 Å². The fourth-order valence-electron chi connectivity index (χ4n) is 2.75. The topological polar surface area (TPSA) is 67.8 Å². The average molecular weight is 448 g/mol. The fourth-order valence-corrected chi connectivity index (χ4v) is 2.75. The Balaban J connectivity index is 3.53. The van der Waals surface area contributed by atoms with Crippen LogP contribution in [0.1, 0.15) is 40.2 Å². The van der Waals surface area contributed by atoms with Gasteiger partial charge >= 0.3 is 12.1 Å². The van der Waals surface area contributed by atoms with E-state index in [1.807, 2.05) is 0 Å². The maximum Gasteiger partial charge on any atom is 0.412 e. The molecule has 1 N–H and O–H groups in total. The minimum Gasteiger partial charge on any atom is -0.462 e. The number of alkyl halides is 3. The third-order valence-corrected chi connectivity index (χ3v) is 4.17. The monoisotopic (exact) mass is 448 g/mol. The lowest BCUT2D eigenvalue weighted by Crippen LogP contribution is -2.15. The molecule has 0 bridgehead atoms. The highest BCUT2D eigenvalue weighted by atomic mass is 19.4. The maximum atomic E-state index is 12.7. The number of anilines is 1. The van der Waals surface area contributed by atoms with Crippen LogP contribution < -0.4 is 5.32 Å². The molecule has 0 aliphatic carbocycles. The Morgan fingerprint density at radius 3 is 2.38 bits per heavy atom. The van der Waals surface area contributed by atoms with Crippen molar-refractivity contribution < 1.29 is 27.5 Å². The van der Waals surface area contributed by atoms with Crippen molar-refractivity contribution in [3.05, 3.63) is 70.9 Å². The first kappa shape index (κ1) is 26.6. The summed E-state index contributed by atoms with van der Waals surface area (Å²) in [5.41, 5.74) is 1.47. The molecule has 1 aromatic rings. The van der Waals surface area contributed by atoms with E-state index in [0.29, 0.717) is 28.5 Å². The predicted molar refractivity (Wildman–Crippen MR) is 121 cm³/mol. The first-order valence-corrected chi connectivity index (χ1v) is 9.85. The number of nitrogens with one attached hydrogen (secondary N) is 1. The standard InChI is InChI=1S/C24H27F3N2O3/c1-7-19(23(31)32-9-3)21(15(4)5)22(28-8-2)17-11-10-12-18(14-17)29-20(30)13-16(6)24(25,26)27/h7-8,10-14H,4,9H2,1-3,5-6H3,(H,29,30)/b16-13-,19-7?,22-21+,28-8?. The molecule has 0 aliphatic heterocycles. The van der Waals surface area contributed by atoms with Crippen LogP contribution in [0, 0.1) is 0 Å². The molecule has 0 saturated heterocycles. The van der Waals surface area contributed by atoms with Gasteiger partial charge in [-0.3, -0.25) is 9.79 Å². The summed E-state index contributed by atoms with van der Waals surface area (Å²) in [4.78, 5) is 28.9. The van der Waals surface area contributed by atoms with Crippen molar-refractivity contribution in [2.24, 2.45) is 4.99 Å². The van der Waals surface area contributed by atoms with E-state index in [-0.39, 0.29) is 17.9 Å². The number of carbonyl (C=O) groups is 2. The molecule has 0 spiro atoms. The van der Waals surface area contributed by atoms with Crippen LogP contribution in [0.25, 0.3) is 5.70 Å². The van der Waals surface area contributed by atoms with Gasteiger partial charge in [-0.2, -0.15) is 13.2 Å². The second kappa shape index (κ2) is 11.8. The SMILES string of the molecule is C=C(C)/C(C(=CC)C(=O)OCC)=C(\N=CC)c1cccc(NC(=O)/C=C(/C)C(F)(F)F)c1. The van der Waals surface area contributed by atoms with E-state index in [0.717, 1.165) is 6.92 Å². The molecular weight excluding hydrogens is 421 g/mol. The minimum absolute atomic E-state index is 0.193. The van der Waals surface area contributed by atoms with E-state index in [2.05, 4.69) is 16.9 Å². The molecule has 172 valence electrons. The number of nitrogens with zero attached hydrogens (tertiary/aromatic N) is 1. The highest BCUT2D eigenvalue weighted by Crippen LogP contribution is 2.32. The third kappa shape index (κ3) is 7.37. The number of hydrogen-bond donors (Lipinski definition) is 1. The molecular formula is C24H27F3N2O3. The summed E-state index contributed by atoms with van der Waals surface area (Å²) in [6.45, 7) is 11.8. The third-order valence-electron chi connectivity index (χ3n) is 4.17. The number of allylic oxidation sites excluding steroid dienone is 3. The van der Waals surface area contributed by atoms with Crippen molar-refractivity contribution >= 4 is 29.5 Å². The van der Waals surface area contributed by atoms with Crippen molar-refractivity contribution in [2.45, 2.75) is 40.8 Å². The lowest BCUT2D eigenvalue weighted by Gasteiger charge is -2.16. The molecule has 1 aromatic carbocycles. The van der Waals surface area contributed by atoms with E-state index in [4.69, 9.17) is 4.74 Å². The molecule has 1 amide bonds. The van der Waals surface area contributed by atoms with E-state index < -0.39 is 23.6 Å². The molecule has 0 aliphatic rings. The summed E-state index contributed by atoms with van der Waals surface area (Å²) in [5, 5.41) is 2.42. The summed E-state index contributed by atoms with van der Waals surface area (Å²) in [6.07, 6.45) is -0.955. The Bertz CT molecular complexity index is 1000. The van der Waals surface area contributed by atoms with Crippen molar-refractivity contribution in [1.29, 1.82) is 0 Å². The summed E-state index contributed by atoms with van der Waals surface area (Å²) in [7, 11) is 0. The Hall–Kier alpha value is -3.42. The van der Waals surface area contributed by atoms with Gasteiger partial charge in [-0.15, -0.1) is 0 Å². The van der Waals surface area contributed by atoms with Gasteiger partial charge in [0.2, 0.25) is 5.91 Å². The van der Waals surface area contributed by atoms with Gasteiger partial charge in [0.25, 0.3) is 0 Å². The number of carbonyl (C=O) groups excluding carboxylic acids is 2. The first-order valence-electron chi connectivity index (χ1n) is 9.85. The lowest BCUT2D eigenvalue weighted by molar-refractivity contribution is -0.138. The summed E-state index contributed by atoms with van der Waals surface area (Å²) in [6, 6.07) is 6.41. The molecule has 0 radical (unpaired) electrons. The maximum absolute atomic E-state index is 12.7. The minimum atomic E-state index is -4.59. The van der Waals surface area contributed by atoms with Gasteiger partial charge in [0.05, 0.1) is 17.9 Å². The Kier molecular flexibility index (Phi) is 9.84. The molecule has 0 saturated carbocycles. The van der Waals surface area contributed by atoms with E-state index in [1.165, 1.54) is 12.3 Å². The normalized spacial score (nSPS) is 13.6. The molecule has 0 fully saturated rings. The van der Waals surface area contributed by atoms with E-state index >= 15 is 0 Å². The zero-order valence-corrected chi connectivity index (χ0v) is 18.8. The zero-order chi connectivity index (χ0) is 24.5. The summed E-state index contributed by atoms with van der Waals surface area (Å²) >= 11 is 0. The van der Waals surface area contributed by atoms with Gasteiger partial charge in [-0.1, -0.05) is 24.8 Å². The second-order valence-electron chi connectivity index (χ2n) is 6.71. The zero-order valence-electron chi connectivity index (χ0n) is 18.8. The van der Waals surface area contributed by atoms with Gasteiger partial charge in [-0.05, 0) is 52.3 Å². The van der Waals surface area contributed by atoms with Crippen LogP contribution in [0.15, 0.2) is 70.3 Å². The van der Waals surface area contributed by atoms with Crippen LogP contribution in [0.4, 0.5) is 18.9 Å². The number of aliphatic imine (C=N–C) groups is 1. The van der Waals surface area contributed by atoms with Gasteiger partial charge in [0.15, 0.2) is 0 Å². The van der Waals surface area contributed by atoms with Crippen molar-refractivity contribution in [2.75, 3.05) is 11.9 Å². The van der Waals surface area contributed by atoms with Crippen LogP contribution in [0.3, 0.4) is 0 Å². The van der Waals surface area contributed by atoms with Crippen LogP contribution in [-0.4, -0.2) is 30.9 Å². The first-order chi connectivity index (χ1) is 15.0. The number of amides is 1. The van der Waals surface area contributed by atoms with Crippen molar-refractivity contribution in [3.63, 3.8) is 0 Å². The van der Waals surface area contributed by atoms with E-state index in [9.17, 15) is 22.8 Å². The van der Waals surface area contributed by atoms with Crippen molar-refractivity contribution in [1.82, 2.24) is 0 Å². The molecule has 5 nitrogen and oxygen atoms in total. The molecule has 0 heterocycles. The molecule has 0 unspecified atom stereocenters. The molecule has 0 aromatic heterocycles. The predicted octanol–water partition coefficient (Wildman–Crippen LogP) is 6.02. The van der Waals surface area contributed by atoms with Crippen LogP contribution in [-0.2, 0) is 14.3 Å². The number of ether oxygens (including phenoxy) is 1. The molecule has 32 heavy (non-hydrogen) atoms. The second-order valence-corrected chi connectivity index (χ2v) is 6.71. The lowest BCUT2D eigenvalue weighted by atomic mass is 9.94. The van der Waals surface area contributed by atoms with Crippen LogP contribution in [0.5, 0.6) is 0 Å². The highest BCUT2D eigenvalue weighted by molar-refractivity contribution is 6.01. The van der Waals surface area contributed by atoms with Crippen molar-refractivity contribution in [3.8, 4) is 0 Å². The van der Waals surface area contributed by atoms with Gasteiger partial charge in [-0.25, -0.2) is 4.79 Å². The van der Waals surface area contributed by atoms with E-state index in [1.54, 1.807) is 52.0 Å². The number of esters is 1. The summed E-state index contributed by atoms with van der Waals surface area (Å²) < 4.78 is 43.2. The fraction of sp³-hybridized carbons (Fsp3) is 0.292. The largest absolute Gasteiger partial charge is 0.462 e.